The summed E-state index contributed by atoms with van der Waals surface area (Å²) in [6.45, 7) is 1.77. The lowest BCUT2D eigenvalue weighted by Crippen LogP contribution is -2.40. The van der Waals surface area contributed by atoms with Crippen LogP contribution in [0.4, 0.5) is 10.1 Å². The van der Waals surface area contributed by atoms with E-state index in [1.807, 2.05) is 0 Å². The summed E-state index contributed by atoms with van der Waals surface area (Å²) in [5.41, 5.74) is 0.188. The summed E-state index contributed by atoms with van der Waals surface area (Å²) in [4.78, 5) is 23.3. The van der Waals surface area contributed by atoms with Crippen LogP contribution >= 0.6 is 15.9 Å². The topological polar surface area (TPSA) is 78.4 Å². The Hall–Kier alpha value is -1.47. The predicted molar refractivity (Wildman–Crippen MR) is 76.7 cm³/mol. The largest absolute Gasteiger partial charge is 0.396 e. The van der Waals surface area contributed by atoms with E-state index in [1.165, 1.54) is 12.1 Å². The number of rotatable bonds is 5. The van der Waals surface area contributed by atoms with E-state index in [4.69, 9.17) is 5.11 Å². The third-order valence-electron chi connectivity index (χ3n) is 2.56. The lowest BCUT2D eigenvalue weighted by molar-refractivity contribution is -0.136. The number of aliphatic hydroxyl groups is 1. The summed E-state index contributed by atoms with van der Waals surface area (Å²) >= 11 is 3.15. The summed E-state index contributed by atoms with van der Waals surface area (Å²) < 4.78 is 13.5. The Bertz CT molecular complexity index is 497. The summed E-state index contributed by atoms with van der Waals surface area (Å²) in [5.74, 6) is -2.18. The lowest BCUT2D eigenvalue weighted by Gasteiger charge is -2.13. The zero-order valence-corrected chi connectivity index (χ0v) is 12.5. The van der Waals surface area contributed by atoms with E-state index in [-0.39, 0.29) is 18.3 Å². The minimum atomic E-state index is -0.868. The van der Waals surface area contributed by atoms with Gasteiger partial charge in [0.05, 0.1) is 5.69 Å². The second-order valence-corrected chi connectivity index (χ2v) is 5.17. The maximum atomic E-state index is 13.1. The third kappa shape index (κ3) is 5.26. The molecule has 3 N–H and O–H groups in total. The van der Waals surface area contributed by atoms with Crippen LogP contribution in [-0.4, -0.2) is 29.6 Å². The van der Waals surface area contributed by atoms with Gasteiger partial charge < -0.3 is 15.7 Å². The normalized spacial score (nSPS) is 11.8. The fourth-order valence-electron chi connectivity index (χ4n) is 1.53. The van der Waals surface area contributed by atoms with E-state index in [9.17, 15) is 14.0 Å². The maximum Gasteiger partial charge on any atom is 0.313 e. The molecule has 1 rings (SSSR count). The first-order valence-electron chi connectivity index (χ1n) is 6.11. The van der Waals surface area contributed by atoms with Crippen molar-refractivity contribution < 1.29 is 19.1 Å². The van der Waals surface area contributed by atoms with Gasteiger partial charge in [-0.25, -0.2) is 4.39 Å². The number of hydrogen-bond donors (Lipinski definition) is 3. The van der Waals surface area contributed by atoms with Gasteiger partial charge in [0, 0.05) is 17.1 Å². The van der Waals surface area contributed by atoms with Crippen LogP contribution in [0.3, 0.4) is 0 Å². The molecule has 1 aromatic rings. The number of halogens is 2. The van der Waals surface area contributed by atoms with Crippen molar-refractivity contribution in [2.45, 2.75) is 25.8 Å². The van der Waals surface area contributed by atoms with Gasteiger partial charge in [-0.15, -0.1) is 0 Å². The molecule has 20 heavy (non-hydrogen) atoms. The lowest BCUT2D eigenvalue weighted by atomic mass is 10.2. The number of hydrogen-bond acceptors (Lipinski definition) is 3. The molecular formula is C13H16BrFN2O3. The SMILES string of the molecule is CC(CCCO)NC(=O)C(=O)Nc1cc(F)ccc1Br. The molecule has 0 saturated heterocycles. The summed E-state index contributed by atoms with van der Waals surface area (Å²) in [7, 11) is 0. The summed E-state index contributed by atoms with van der Waals surface area (Å²) in [6.07, 6.45) is 1.11. The van der Waals surface area contributed by atoms with E-state index < -0.39 is 17.6 Å². The fourth-order valence-corrected chi connectivity index (χ4v) is 1.88. The number of anilines is 1. The van der Waals surface area contributed by atoms with Crippen molar-refractivity contribution in [3.05, 3.63) is 28.5 Å². The monoisotopic (exact) mass is 346 g/mol. The Morgan fingerprint density at radius 1 is 1.40 bits per heavy atom. The van der Waals surface area contributed by atoms with E-state index in [2.05, 4.69) is 26.6 Å². The quantitative estimate of drug-likeness (QED) is 0.711. The van der Waals surface area contributed by atoms with Gasteiger partial charge in [-0.2, -0.15) is 0 Å². The molecule has 0 saturated carbocycles. The Balaban J connectivity index is 2.57. The fraction of sp³-hybridized carbons (Fsp3) is 0.385. The number of benzene rings is 1. The van der Waals surface area contributed by atoms with Gasteiger partial charge in [0.1, 0.15) is 5.82 Å². The van der Waals surface area contributed by atoms with Crippen molar-refractivity contribution in [2.75, 3.05) is 11.9 Å². The van der Waals surface area contributed by atoms with Crippen LogP contribution in [-0.2, 0) is 9.59 Å². The molecule has 0 heterocycles. The molecule has 0 fully saturated rings. The Kier molecular flexibility index (Phi) is 6.60. The molecule has 1 aromatic carbocycles. The van der Waals surface area contributed by atoms with Crippen LogP contribution in [0, 0.1) is 5.82 Å². The number of carbonyl (C=O) groups excluding carboxylic acids is 2. The number of amides is 2. The first kappa shape index (κ1) is 16.6. The third-order valence-corrected chi connectivity index (χ3v) is 3.25. The smallest absolute Gasteiger partial charge is 0.313 e. The molecule has 0 radical (unpaired) electrons. The van der Waals surface area contributed by atoms with Gasteiger partial charge in [-0.3, -0.25) is 9.59 Å². The highest BCUT2D eigenvalue weighted by atomic mass is 79.9. The Morgan fingerprint density at radius 2 is 2.10 bits per heavy atom. The first-order valence-corrected chi connectivity index (χ1v) is 6.91. The molecule has 5 nitrogen and oxygen atoms in total. The minimum Gasteiger partial charge on any atom is -0.396 e. The predicted octanol–water partition coefficient (Wildman–Crippen LogP) is 1.80. The Labute approximate surface area is 124 Å². The number of nitrogens with one attached hydrogen (secondary N) is 2. The van der Waals surface area contributed by atoms with Crippen LogP contribution in [0.2, 0.25) is 0 Å². The maximum absolute atomic E-state index is 13.1. The molecular weight excluding hydrogens is 331 g/mol. The van der Waals surface area contributed by atoms with Crippen LogP contribution in [0.15, 0.2) is 22.7 Å². The zero-order chi connectivity index (χ0) is 15.1. The highest BCUT2D eigenvalue weighted by molar-refractivity contribution is 9.10. The molecule has 0 aliphatic carbocycles. The minimum absolute atomic E-state index is 0.0304. The zero-order valence-electron chi connectivity index (χ0n) is 11.0. The van der Waals surface area contributed by atoms with Crippen molar-refractivity contribution in [2.24, 2.45) is 0 Å². The van der Waals surface area contributed by atoms with Gasteiger partial charge >= 0.3 is 11.8 Å². The van der Waals surface area contributed by atoms with Crippen molar-refractivity contribution in [1.82, 2.24) is 5.32 Å². The van der Waals surface area contributed by atoms with Crippen LogP contribution < -0.4 is 10.6 Å². The summed E-state index contributed by atoms with van der Waals surface area (Å²) in [5, 5.41) is 13.5. The first-order chi connectivity index (χ1) is 9.43. The highest BCUT2D eigenvalue weighted by Gasteiger charge is 2.17. The molecule has 2 amide bonds. The van der Waals surface area contributed by atoms with Crippen LogP contribution in [0.1, 0.15) is 19.8 Å². The van der Waals surface area contributed by atoms with Crippen LogP contribution in [0.5, 0.6) is 0 Å². The summed E-state index contributed by atoms with van der Waals surface area (Å²) in [6, 6.07) is 3.56. The molecule has 0 aliphatic heterocycles. The van der Waals surface area contributed by atoms with Gasteiger partial charge in [-0.1, -0.05) is 0 Å². The van der Waals surface area contributed by atoms with Gasteiger partial charge in [-0.05, 0) is 53.9 Å². The van der Waals surface area contributed by atoms with Gasteiger partial charge in [0.2, 0.25) is 0 Å². The van der Waals surface area contributed by atoms with Crippen LogP contribution in [0.25, 0.3) is 0 Å². The van der Waals surface area contributed by atoms with Crippen molar-refractivity contribution >= 4 is 33.4 Å². The Morgan fingerprint density at radius 3 is 2.75 bits per heavy atom. The molecule has 1 atom stereocenters. The molecule has 0 bridgehead atoms. The standard InChI is InChI=1S/C13H16BrFN2O3/c1-8(3-2-6-18)16-12(19)13(20)17-11-7-9(15)4-5-10(11)14/h4-5,7-8,18H,2-3,6H2,1H3,(H,16,19)(H,17,20). The van der Waals surface area contributed by atoms with E-state index in [0.29, 0.717) is 17.3 Å². The molecule has 110 valence electrons. The van der Waals surface area contributed by atoms with Gasteiger partial charge in [0.25, 0.3) is 0 Å². The van der Waals surface area contributed by atoms with E-state index >= 15 is 0 Å². The second kappa shape index (κ2) is 7.96. The van der Waals surface area contributed by atoms with Crippen molar-refractivity contribution in [3.8, 4) is 0 Å². The number of aliphatic hydroxyl groups excluding tert-OH is 1. The number of carbonyl (C=O) groups is 2. The van der Waals surface area contributed by atoms with E-state index in [0.717, 1.165) is 6.07 Å². The molecule has 0 aliphatic rings. The molecule has 7 heteroatoms. The van der Waals surface area contributed by atoms with E-state index in [1.54, 1.807) is 6.92 Å². The molecule has 0 spiro atoms. The van der Waals surface area contributed by atoms with Gasteiger partial charge in [0.15, 0.2) is 0 Å². The average Bonchev–Trinajstić information content (AvgIpc) is 2.40. The molecule has 0 aromatic heterocycles. The van der Waals surface area contributed by atoms with Crippen molar-refractivity contribution in [3.63, 3.8) is 0 Å². The molecule has 1 unspecified atom stereocenters. The van der Waals surface area contributed by atoms with Crippen molar-refractivity contribution in [1.29, 1.82) is 0 Å². The highest BCUT2D eigenvalue weighted by Crippen LogP contribution is 2.22. The average molecular weight is 347 g/mol. The second-order valence-electron chi connectivity index (χ2n) is 4.32.